The Morgan fingerprint density at radius 1 is 1.44 bits per heavy atom. The van der Waals surface area contributed by atoms with Crippen LogP contribution in [-0.2, 0) is 9.84 Å². The van der Waals surface area contributed by atoms with E-state index >= 15 is 0 Å². The minimum atomic E-state index is -2.99. The largest absolute Gasteiger partial charge is 0.351 e. The van der Waals surface area contributed by atoms with Crippen molar-refractivity contribution in [1.82, 2.24) is 10.3 Å². The second-order valence-electron chi connectivity index (χ2n) is 3.79. The Bertz CT molecular complexity index is 516. The van der Waals surface area contributed by atoms with E-state index in [2.05, 4.69) is 15.7 Å². The molecule has 4 N–H and O–H groups in total. The lowest BCUT2D eigenvalue weighted by molar-refractivity contribution is 0.0949. The number of anilines is 1. The van der Waals surface area contributed by atoms with Crippen LogP contribution >= 0.6 is 0 Å². The van der Waals surface area contributed by atoms with Gasteiger partial charge in [0.05, 0.1) is 5.75 Å². The van der Waals surface area contributed by atoms with E-state index in [0.717, 1.165) is 6.26 Å². The molecular weight excluding hydrogens is 256 g/mol. The van der Waals surface area contributed by atoms with Crippen LogP contribution in [0.5, 0.6) is 0 Å². The van der Waals surface area contributed by atoms with Gasteiger partial charge in [0.1, 0.15) is 21.3 Å². The average Bonchev–Trinajstić information content (AvgIpc) is 2.33. The van der Waals surface area contributed by atoms with Crippen molar-refractivity contribution in [2.75, 3.05) is 24.0 Å². The maximum atomic E-state index is 11.6. The summed E-state index contributed by atoms with van der Waals surface area (Å²) in [5.74, 6) is 5.25. The molecule has 1 rings (SSSR count). The Morgan fingerprint density at radius 3 is 2.78 bits per heavy atom. The number of hydrazine groups is 1. The normalized spacial score (nSPS) is 11.0. The van der Waals surface area contributed by atoms with E-state index in [0.29, 0.717) is 12.2 Å². The molecule has 0 aliphatic heterocycles. The number of carbonyl (C=O) groups excluding carboxylic acids is 1. The molecule has 0 fully saturated rings. The van der Waals surface area contributed by atoms with Crippen molar-refractivity contribution in [2.45, 2.75) is 6.42 Å². The quantitative estimate of drug-likeness (QED) is 0.366. The second-order valence-corrected chi connectivity index (χ2v) is 6.05. The molecule has 0 aromatic carbocycles. The molecule has 1 heterocycles. The molecule has 1 amide bonds. The van der Waals surface area contributed by atoms with E-state index in [1.54, 1.807) is 18.2 Å². The molecular formula is C10H16N4O3S. The van der Waals surface area contributed by atoms with Crippen molar-refractivity contribution >= 4 is 21.6 Å². The summed E-state index contributed by atoms with van der Waals surface area (Å²) in [6.07, 6.45) is 1.53. The van der Waals surface area contributed by atoms with Crippen molar-refractivity contribution in [3.63, 3.8) is 0 Å². The molecule has 0 spiro atoms. The Kier molecular flexibility index (Phi) is 5.05. The molecule has 0 bridgehead atoms. The number of pyridine rings is 1. The number of rotatable bonds is 6. The smallest absolute Gasteiger partial charge is 0.269 e. The summed E-state index contributed by atoms with van der Waals surface area (Å²) in [6, 6.07) is 4.82. The number of sulfone groups is 1. The Morgan fingerprint density at radius 2 is 2.17 bits per heavy atom. The van der Waals surface area contributed by atoms with Gasteiger partial charge in [-0.2, -0.15) is 0 Å². The second kappa shape index (κ2) is 6.31. The van der Waals surface area contributed by atoms with Gasteiger partial charge >= 0.3 is 0 Å². The van der Waals surface area contributed by atoms with E-state index < -0.39 is 9.84 Å². The van der Waals surface area contributed by atoms with Crippen molar-refractivity contribution in [1.29, 1.82) is 0 Å². The highest BCUT2D eigenvalue weighted by molar-refractivity contribution is 7.90. The van der Waals surface area contributed by atoms with Crippen molar-refractivity contribution in [3.8, 4) is 0 Å². The van der Waals surface area contributed by atoms with Gasteiger partial charge in [0.25, 0.3) is 5.91 Å². The topological polar surface area (TPSA) is 114 Å². The third-order valence-electron chi connectivity index (χ3n) is 2.11. The lowest BCUT2D eigenvalue weighted by atomic mass is 10.3. The van der Waals surface area contributed by atoms with Crippen LogP contribution in [0, 0.1) is 0 Å². The number of aromatic nitrogens is 1. The Hall–Kier alpha value is -1.67. The first-order valence-corrected chi connectivity index (χ1v) is 7.38. The molecule has 1 aromatic rings. The third-order valence-corrected chi connectivity index (χ3v) is 3.14. The van der Waals surface area contributed by atoms with Crippen molar-refractivity contribution in [2.24, 2.45) is 5.84 Å². The van der Waals surface area contributed by atoms with E-state index in [1.807, 2.05) is 0 Å². The molecule has 0 unspecified atom stereocenters. The van der Waals surface area contributed by atoms with Crippen LogP contribution < -0.4 is 16.6 Å². The highest BCUT2D eigenvalue weighted by Crippen LogP contribution is 2.02. The number of nitrogen functional groups attached to an aromatic ring is 1. The number of amides is 1. The molecule has 1 aromatic heterocycles. The monoisotopic (exact) mass is 272 g/mol. The summed E-state index contributed by atoms with van der Waals surface area (Å²) in [4.78, 5) is 15.6. The van der Waals surface area contributed by atoms with Crippen LogP contribution in [0.2, 0.25) is 0 Å². The Labute approximate surface area is 106 Å². The zero-order valence-corrected chi connectivity index (χ0v) is 10.8. The zero-order chi connectivity index (χ0) is 13.6. The van der Waals surface area contributed by atoms with Crippen molar-refractivity contribution in [3.05, 3.63) is 23.9 Å². The maximum absolute atomic E-state index is 11.6. The minimum Gasteiger partial charge on any atom is -0.351 e. The van der Waals surface area contributed by atoms with Gasteiger partial charge in [-0.3, -0.25) is 4.79 Å². The summed E-state index contributed by atoms with van der Waals surface area (Å²) in [6.45, 7) is 0.286. The van der Waals surface area contributed by atoms with Crippen molar-refractivity contribution < 1.29 is 13.2 Å². The number of carbonyl (C=O) groups is 1. The molecule has 0 radical (unpaired) electrons. The highest BCUT2D eigenvalue weighted by atomic mass is 32.2. The minimum absolute atomic E-state index is 0.0467. The van der Waals surface area contributed by atoms with Gasteiger partial charge in [-0.05, 0) is 18.6 Å². The number of hydrogen-bond acceptors (Lipinski definition) is 6. The van der Waals surface area contributed by atoms with Gasteiger partial charge in [-0.25, -0.2) is 19.2 Å². The fraction of sp³-hybridized carbons (Fsp3) is 0.400. The fourth-order valence-corrected chi connectivity index (χ4v) is 1.94. The first-order valence-electron chi connectivity index (χ1n) is 5.32. The zero-order valence-electron chi connectivity index (χ0n) is 10.0. The van der Waals surface area contributed by atoms with Crippen LogP contribution in [0.4, 0.5) is 5.82 Å². The number of nitrogens with one attached hydrogen (secondary N) is 2. The first-order chi connectivity index (χ1) is 8.42. The molecule has 0 aliphatic rings. The maximum Gasteiger partial charge on any atom is 0.269 e. The SMILES string of the molecule is CS(=O)(=O)CCCNC(=O)c1cccc(NN)n1. The predicted octanol–water partition coefficient (Wildman–Crippen LogP) is -0.468. The van der Waals surface area contributed by atoms with Gasteiger partial charge in [0.15, 0.2) is 0 Å². The molecule has 0 aliphatic carbocycles. The number of nitrogens with zero attached hydrogens (tertiary/aromatic N) is 1. The predicted molar refractivity (Wildman–Crippen MR) is 68.7 cm³/mol. The lowest BCUT2D eigenvalue weighted by Crippen LogP contribution is -2.27. The van der Waals surface area contributed by atoms with Crippen LogP contribution in [0.25, 0.3) is 0 Å². The summed E-state index contributed by atoms with van der Waals surface area (Å²) >= 11 is 0. The molecule has 18 heavy (non-hydrogen) atoms. The van der Waals surface area contributed by atoms with Gasteiger partial charge in [0.2, 0.25) is 0 Å². The van der Waals surface area contributed by atoms with Crippen LogP contribution in [-0.4, -0.2) is 37.9 Å². The summed E-state index contributed by atoms with van der Waals surface area (Å²) in [5.41, 5.74) is 2.57. The fourth-order valence-electron chi connectivity index (χ4n) is 1.27. The van der Waals surface area contributed by atoms with E-state index in [-0.39, 0.29) is 23.9 Å². The van der Waals surface area contributed by atoms with Gasteiger partial charge in [-0.15, -0.1) is 0 Å². The number of nitrogens with two attached hydrogens (primary N) is 1. The standard InChI is InChI=1S/C10H16N4O3S/c1-18(16,17)7-3-6-12-10(15)8-4-2-5-9(13-8)14-11/h2,4-5H,3,6-7,11H2,1H3,(H,12,15)(H,13,14). The molecule has 0 atom stereocenters. The number of hydrogen-bond donors (Lipinski definition) is 3. The third kappa shape index (κ3) is 5.11. The summed E-state index contributed by atoms with van der Waals surface area (Å²) < 4.78 is 21.8. The lowest BCUT2D eigenvalue weighted by Gasteiger charge is -2.05. The molecule has 100 valence electrons. The first kappa shape index (κ1) is 14.4. The van der Waals surface area contributed by atoms with Crippen LogP contribution in [0.3, 0.4) is 0 Å². The van der Waals surface area contributed by atoms with E-state index in [9.17, 15) is 13.2 Å². The van der Waals surface area contributed by atoms with Gasteiger partial charge < -0.3 is 10.7 Å². The summed E-state index contributed by atoms with van der Waals surface area (Å²) in [5, 5.41) is 2.59. The van der Waals surface area contributed by atoms with E-state index in [1.165, 1.54) is 0 Å². The molecule has 7 nitrogen and oxygen atoms in total. The van der Waals surface area contributed by atoms with E-state index in [4.69, 9.17) is 5.84 Å². The van der Waals surface area contributed by atoms with Crippen LogP contribution in [0.15, 0.2) is 18.2 Å². The average molecular weight is 272 g/mol. The molecule has 0 saturated carbocycles. The highest BCUT2D eigenvalue weighted by Gasteiger charge is 2.08. The summed E-state index contributed by atoms with van der Waals surface area (Å²) in [7, 11) is -2.99. The Balaban J connectivity index is 2.45. The van der Waals surface area contributed by atoms with Crippen LogP contribution in [0.1, 0.15) is 16.9 Å². The molecule has 8 heteroatoms. The molecule has 0 saturated heterocycles. The van der Waals surface area contributed by atoms with Gasteiger partial charge in [-0.1, -0.05) is 6.07 Å². The van der Waals surface area contributed by atoms with Gasteiger partial charge in [0, 0.05) is 12.8 Å².